The Kier molecular flexibility index (Phi) is 4.43. The lowest BCUT2D eigenvalue weighted by atomic mass is 9.79. The highest BCUT2D eigenvalue weighted by molar-refractivity contribution is 14.1. The van der Waals surface area contributed by atoms with Gasteiger partial charge in [0.1, 0.15) is 0 Å². The number of hydrogen-bond acceptors (Lipinski definition) is 1. The predicted octanol–water partition coefficient (Wildman–Crippen LogP) is 5.29. The van der Waals surface area contributed by atoms with Crippen LogP contribution < -0.4 is 0 Å². The number of ketones is 1. The molecule has 0 heterocycles. The van der Waals surface area contributed by atoms with Gasteiger partial charge in [0.25, 0.3) is 0 Å². The first-order valence-electron chi connectivity index (χ1n) is 7.53. The smallest absolute Gasteiger partial charge is 0.164 e. The molecule has 0 aliphatic heterocycles. The molecule has 1 aliphatic carbocycles. The second kappa shape index (κ2) is 6.30. The fourth-order valence-electron chi connectivity index (χ4n) is 3.26. The lowest BCUT2D eigenvalue weighted by Gasteiger charge is -2.25. The van der Waals surface area contributed by atoms with Crippen molar-refractivity contribution in [1.82, 2.24) is 0 Å². The van der Waals surface area contributed by atoms with Gasteiger partial charge in [-0.1, -0.05) is 42.5 Å². The van der Waals surface area contributed by atoms with E-state index in [9.17, 15) is 4.79 Å². The third-order valence-electron chi connectivity index (χ3n) is 4.42. The van der Waals surface area contributed by atoms with Gasteiger partial charge in [-0.15, -0.1) is 0 Å². The van der Waals surface area contributed by atoms with Gasteiger partial charge in [0, 0.05) is 15.6 Å². The molecule has 3 rings (SSSR count). The molecule has 108 valence electrons. The van der Waals surface area contributed by atoms with Crippen LogP contribution in [0, 0.1) is 10.5 Å². The standard InChI is InChI=1S/C19H19IO/c1-13-6-4-11-17(19(13)20)18(21)12-15-9-5-8-14-7-2-3-10-16(14)15/h2-4,6-7,10-11,15H,5,8-9,12H2,1H3. The van der Waals surface area contributed by atoms with Gasteiger partial charge in [-0.2, -0.15) is 0 Å². The Morgan fingerprint density at radius 2 is 2.00 bits per heavy atom. The van der Waals surface area contributed by atoms with Crippen LogP contribution in [0.5, 0.6) is 0 Å². The Balaban J connectivity index is 1.85. The fourth-order valence-corrected chi connectivity index (χ4v) is 3.92. The molecular weight excluding hydrogens is 371 g/mol. The van der Waals surface area contributed by atoms with Crippen molar-refractivity contribution in [3.63, 3.8) is 0 Å². The van der Waals surface area contributed by atoms with Crippen LogP contribution in [0.1, 0.15) is 52.2 Å². The minimum absolute atomic E-state index is 0.282. The summed E-state index contributed by atoms with van der Waals surface area (Å²) in [5, 5.41) is 0. The van der Waals surface area contributed by atoms with E-state index in [0.29, 0.717) is 12.3 Å². The minimum atomic E-state index is 0.282. The van der Waals surface area contributed by atoms with Crippen LogP contribution in [0.2, 0.25) is 0 Å². The molecule has 0 saturated carbocycles. The summed E-state index contributed by atoms with van der Waals surface area (Å²) < 4.78 is 1.10. The van der Waals surface area contributed by atoms with Crippen LogP contribution in [-0.4, -0.2) is 5.78 Å². The SMILES string of the molecule is Cc1cccc(C(=O)CC2CCCc3ccccc32)c1I. The predicted molar refractivity (Wildman–Crippen MR) is 95.0 cm³/mol. The maximum Gasteiger partial charge on any atom is 0.164 e. The van der Waals surface area contributed by atoms with Crippen molar-refractivity contribution in [2.24, 2.45) is 0 Å². The van der Waals surface area contributed by atoms with Crippen LogP contribution in [0.3, 0.4) is 0 Å². The summed E-state index contributed by atoms with van der Waals surface area (Å²) in [6.07, 6.45) is 4.12. The van der Waals surface area contributed by atoms with Gasteiger partial charge < -0.3 is 0 Å². The molecule has 1 nitrogen and oxygen atoms in total. The maximum absolute atomic E-state index is 12.7. The Bertz CT molecular complexity index is 675. The van der Waals surface area contributed by atoms with E-state index in [1.807, 2.05) is 12.1 Å². The topological polar surface area (TPSA) is 17.1 Å². The van der Waals surface area contributed by atoms with Gasteiger partial charge in [0.05, 0.1) is 0 Å². The molecule has 1 aliphatic rings. The average molecular weight is 390 g/mol. The molecule has 21 heavy (non-hydrogen) atoms. The molecule has 0 saturated heterocycles. The van der Waals surface area contributed by atoms with Crippen molar-refractivity contribution in [2.45, 2.75) is 38.5 Å². The number of carbonyl (C=O) groups excluding carboxylic acids is 1. The van der Waals surface area contributed by atoms with E-state index in [1.54, 1.807) is 0 Å². The third-order valence-corrected chi connectivity index (χ3v) is 5.85. The Morgan fingerprint density at radius 3 is 2.86 bits per heavy atom. The molecule has 1 unspecified atom stereocenters. The lowest BCUT2D eigenvalue weighted by molar-refractivity contribution is 0.0970. The van der Waals surface area contributed by atoms with Crippen molar-refractivity contribution in [2.75, 3.05) is 0 Å². The van der Waals surface area contributed by atoms with Crippen molar-refractivity contribution in [3.8, 4) is 0 Å². The van der Waals surface area contributed by atoms with E-state index in [0.717, 1.165) is 22.0 Å². The summed E-state index contributed by atoms with van der Waals surface area (Å²) in [5.41, 5.74) is 4.89. The van der Waals surface area contributed by atoms with Crippen molar-refractivity contribution in [1.29, 1.82) is 0 Å². The van der Waals surface area contributed by atoms with E-state index < -0.39 is 0 Å². The van der Waals surface area contributed by atoms with Crippen LogP contribution >= 0.6 is 22.6 Å². The first kappa shape index (κ1) is 14.8. The van der Waals surface area contributed by atoms with E-state index in [-0.39, 0.29) is 5.78 Å². The summed E-state index contributed by atoms with van der Waals surface area (Å²) >= 11 is 2.29. The van der Waals surface area contributed by atoms with Gasteiger partial charge in [-0.05, 0) is 71.4 Å². The molecule has 0 fully saturated rings. The molecule has 2 heteroatoms. The molecule has 0 amide bonds. The largest absolute Gasteiger partial charge is 0.294 e. The summed E-state index contributed by atoms with van der Waals surface area (Å²) in [7, 11) is 0. The number of hydrogen-bond donors (Lipinski definition) is 0. The molecule has 0 spiro atoms. The Morgan fingerprint density at radius 1 is 1.19 bits per heavy atom. The summed E-state index contributed by atoms with van der Waals surface area (Å²) in [6.45, 7) is 2.06. The highest BCUT2D eigenvalue weighted by atomic mass is 127. The summed E-state index contributed by atoms with van der Waals surface area (Å²) in [6, 6.07) is 14.6. The molecule has 2 aromatic rings. The average Bonchev–Trinajstić information content (AvgIpc) is 2.50. The van der Waals surface area contributed by atoms with Gasteiger partial charge >= 0.3 is 0 Å². The number of carbonyl (C=O) groups is 1. The van der Waals surface area contributed by atoms with Crippen molar-refractivity contribution < 1.29 is 4.79 Å². The maximum atomic E-state index is 12.7. The number of halogens is 1. The van der Waals surface area contributed by atoms with E-state index in [2.05, 4.69) is 59.8 Å². The second-order valence-electron chi connectivity index (χ2n) is 5.85. The van der Waals surface area contributed by atoms with Gasteiger partial charge in [-0.25, -0.2) is 0 Å². The van der Waals surface area contributed by atoms with Crippen LogP contribution in [0.15, 0.2) is 42.5 Å². The number of fused-ring (bicyclic) bond motifs is 1. The van der Waals surface area contributed by atoms with Crippen LogP contribution in [0.25, 0.3) is 0 Å². The Labute approximate surface area is 139 Å². The van der Waals surface area contributed by atoms with Crippen molar-refractivity contribution >= 4 is 28.4 Å². The molecule has 1 atom stereocenters. The zero-order valence-electron chi connectivity index (χ0n) is 12.2. The highest BCUT2D eigenvalue weighted by Crippen LogP contribution is 2.35. The monoisotopic (exact) mass is 390 g/mol. The third kappa shape index (κ3) is 3.05. The lowest BCUT2D eigenvalue weighted by Crippen LogP contribution is -2.14. The van der Waals surface area contributed by atoms with Gasteiger partial charge in [-0.3, -0.25) is 4.79 Å². The fraction of sp³-hybridized carbons (Fsp3) is 0.316. The van der Waals surface area contributed by atoms with Crippen molar-refractivity contribution in [3.05, 3.63) is 68.3 Å². The Hall–Kier alpha value is -1.16. The molecule has 0 bridgehead atoms. The molecule has 0 radical (unpaired) electrons. The second-order valence-corrected chi connectivity index (χ2v) is 6.93. The van der Waals surface area contributed by atoms with Crippen LogP contribution in [0.4, 0.5) is 0 Å². The zero-order valence-corrected chi connectivity index (χ0v) is 14.4. The summed E-state index contributed by atoms with van der Waals surface area (Å²) in [5.74, 6) is 0.670. The zero-order chi connectivity index (χ0) is 14.8. The highest BCUT2D eigenvalue weighted by Gasteiger charge is 2.23. The quantitative estimate of drug-likeness (QED) is 0.514. The molecule has 0 N–H and O–H groups in total. The number of rotatable bonds is 3. The number of Topliss-reactive ketones (excluding diaryl/α,β-unsaturated/α-hetero) is 1. The number of benzene rings is 2. The van der Waals surface area contributed by atoms with Gasteiger partial charge in [0.15, 0.2) is 5.78 Å². The van der Waals surface area contributed by atoms with Crippen LogP contribution in [-0.2, 0) is 6.42 Å². The van der Waals surface area contributed by atoms with E-state index >= 15 is 0 Å². The van der Waals surface area contributed by atoms with E-state index in [1.165, 1.54) is 23.1 Å². The number of aryl methyl sites for hydroxylation is 2. The molecule has 2 aromatic carbocycles. The first-order chi connectivity index (χ1) is 10.2. The molecular formula is C19H19IO. The minimum Gasteiger partial charge on any atom is -0.294 e. The normalized spacial score (nSPS) is 17.3. The van der Waals surface area contributed by atoms with E-state index in [4.69, 9.17) is 0 Å². The summed E-state index contributed by atoms with van der Waals surface area (Å²) in [4.78, 5) is 12.7. The van der Waals surface area contributed by atoms with Gasteiger partial charge in [0.2, 0.25) is 0 Å². The molecule has 0 aromatic heterocycles. The first-order valence-corrected chi connectivity index (χ1v) is 8.61.